The first-order valence-electron chi connectivity index (χ1n) is 5.25. The Morgan fingerprint density at radius 2 is 2.23 bits per heavy atom. The Kier molecular flexibility index (Phi) is 4.70. The fourth-order valence-corrected chi connectivity index (χ4v) is 1.87. The highest BCUT2D eigenvalue weighted by Crippen LogP contribution is 2.10. The van der Waals surface area contributed by atoms with E-state index < -0.39 is 0 Å². The quantitative estimate of drug-likeness (QED) is 0.661. The van der Waals surface area contributed by atoms with Crippen LogP contribution in [0.1, 0.15) is 20.3 Å². The summed E-state index contributed by atoms with van der Waals surface area (Å²) in [6.07, 6.45) is 1.23. The Balaban J connectivity index is 2.35. The van der Waals surface area contributed by atoms with Crippen LogP contribution in [0.15, 0.2) is 0 Å². The molecule has 0 aromatic rings. The fraction of sp³-hybridized carbons (Fsp3) is 1.00. The lowest BCUT2D eigenvalue weighted by Crippen LogP contribution is -2.60. The molecule has 0 aromatic carbocycles. The zero-order valence-corrected chi connectivity index (χ0v) is 9.05. The van der Waals surface area contributed by atoms with Crippen LogP contribution in [0.4, 0.5) is 0 Å². The molecule has 0 radical (unpaired) electrons. The minimum atomic E-state index is 0.553. The second-order valence-electron chi connectivity index (χ2n) is 3.85. The standard InChI is InChI=1S/C10H22N2O/c1-4-5-12(9(2)8-13-3)10-6-11-7-10/h9-11H,4-8H2,1-3H3. The van der Waals surface area contributed by atoms with Crippen molar-refractivity contribution >= 4 is 0 Å². The molecule has 1 atom stereocenters. The number of rotatable bonds is 6. The van der Waals surface area contributed by atoms with Crippen molar-refractivity contribution in [2.24, 2.45) is 0 Å². The Bertz CT molecular complexity index is 137. The van der Waals surface area contributed by atoms with Crippen molar-refractivity contribution in [3.8, 4) is 0 Å². The maximum Gasteiger partial charge on any atom is 0.0615 e. The van der Waals surface area contributed by atoms with Gasteiger partial charge in [0.15, 0.2) is 0 Å². The molecule has 1 fully saturated rings. The summed E-state index contributed by atoms with van der Waals surface area (Å²) >= 11 is 0. The molecule has 1 heterocycles. The summed E-state index contributed by atoms with van der Waals surface area (Å²) in [5.74, 6) is 0. The molecule has 3 heteroatoms. The van der Waals surface area contributed by atoms with E-state index in [4.69, 9.17) is 4.74 Å². The largest absolute Gasteiger partial charge is 0.383 e. The molecular formula is C10H22N2O. The van der Waals surface area contributed by atoms with Crippen LogP contribution < -0.4 is 5.32 Å². The summed E-state index contributed by atoms with van der Waals surface area (Å²) in [4.78, 5) is 2.56. The van der Waals surface area contributed by atoms with Crippen molar-refractivity contribution in [1.82, 2.24) is 10.2 Å². The molecule has 78 valence electrons. The average Bonchev–Trinajstić information content (AvgIpc) is 2.01. The second kappa shape index (κ2) is 5.58. The molecule has 0 saturated carbocycles. The van der Waals surface area contributed by atoms with Crippen LogP contribution in [0.5, 0.6) is 0 Å². The van der Waals surface area contributed by atoms with E-state index in [0.717, 1.165) is 25.7 Å². The highest BCUT2D eigenvalue weighted by Gasteiger charge is 2.27. The van der Waals surface area contributed by atoms with Crippen molar-refractivity contribution < 1.29 is 4.74 Å². The first kappa shape index (κ1) is 11.0. The highest BCUT2D eigenvalue weighted by atomic mass is 16.5. The third-order valence-corrected chi connectivity index (χ3v) is 2.68. The maximum atomic E-state index is 5.19. The van der Waals surface area contributed by atoms with Gasteiger partial charge in [0.2, 0.25) is 0 Å². The van der Waals surface area contributed by atoms with E-state index in [1.165, 1.54) is 13.0 Å². The van der Waals surface area contributed by atoms with Gasteiger partial charge in [0.25, 0.3) is 0 Å². The van der Waals surface area contributed by atoms with E-state index in [1.807, 2.05) is 0 Å². The summed E-state index contributed by atoms with van der Waals surface area (Å²) in [7, 11) is 1.78. The number of ether oxygens (including phenoxy) is 1. The Hall–Kier alpha value is -0.120. The summed E-state index contributed by atoms with van der Waals surface area (Å²) in [6.45, 7) is 8.81. The van der Waals surface area contributed by atoms with Crippen LogP contribution in [0.2, 0.25) is 0 Å². The smallest absolute Gasteiger partial charge is 0.0615 e. The Labute approximate surface area is 81.4 Å². The van der Waals surface area contributed by atoms with Gasteiger partial charge in [-0.2, -0.15) is 0 Å². The van der Waals surface area contributed by atoms with Crippen molar-refractivity contribution in [3.63, 3.8) is 0 Å². The predicted molar refractivity (Wildman–Crippen MR) is 55.0 cm³/mol. The van der Waals surface area contributed by atoms with Gasteiger partial charge >= 0.3 is 0 Å². The minimum Gasteiger partial charge on any atom is -0.383 e. The van der Waals surface area contributed by atoms with Gasteiger partial charge in [-0.3, -0.25) is 4.90 Å². The summed E-state index contributed by atoms with van der Waals surface area (Å²) in [5.41, 5.74) is 0. The number of hydrogen-bond acceptors (Lipinski definition) is 3. The van der Waals surface area contributed by atoms with Gasteiger partial charge < -0.3 is 10.1 Å². The summed E-state index contributed by atoms with van der Waals surface area (Å²) in [6, 6.07) is 1.29. The van der Waals surface area contributed by atoms with Crippen molar-refractivity contribution in [3.05, 3.63) is 0 Å². The van der Waals surface area contributed by atoms with Crippen LogP contribution in [0.3, 0.4) is 0 Å². The molecule has 1 saturated heterocycles. The first-order chi connectivity index (χ1) is 6.29. The third kappa shape index (κ3) is 2.93. The number of nitrogens with zero attached hydrogens (tertiary/aromatic N) is 1. The third-order valence-electron chi connectivity index (χ3n) is 2.68. The van der Waals surface area contributed by atoms with Crippen molar-refractivity contribution in [2.75, 3.05) is 33.4 Å². The Morgan fingerprint density at radius 1 is 1.54 bits per heavy atom. The van der Waals surface area contributed by atoms with Gasteiger partial charge in [0.1, 0.15) is 0 Å². The molecule has 0 amide bonds. The second-order valence-corrected chi connectivity index (χ2v) is 3.85. The zero-order valence-electron chi connectivity index (χ0n) is 9.05. The summed E-state index contributed by atoms with van der Waals surface area (Å²) < 4.78 is 5.19. The van der Waals surface area contributed by atoms with Crippen LogP contribution in [0.25, 0.3) is 0 Å². The molecule has 1 aliphatic heterocycles. The van der Waals surface area contributed by atoms with Gasteiger partial charge in [-0.1, -0.05) is 6.92 Å². The molecule has 0 spiro atoms. The topological polar surface area (TPSA) is 24.5 Å². The lowest BCUT2D eigenvalue weighted by Gasteiger charge is -2.41. The SMILES string of the molecule is CCCN(C(C)COC)C1CNC1. The van der Waals surface area contributed by atoms with Gasteiger partial charge in [-0.15, -0.1) is 0 Å². The molecule has 3 nitrogen and oxygen atoms in total. The molecule has 1 aliphatic rings. The van der Waals surface area contributed by atoms with E-state index >= 15 is 0 Å². The lowest BCUT2D eigenvalue weighted by atomic mass is 10.1. The minimum absolute atomic E-state index is 0.553. The van der Waals surface area contributed by atoms with Crippen LogP contribution >= 0.6 is 0 Å². The summed E-state index contributed by atoms with van der Waals surface area (Å²) in [5, 5.41) is 3.31. The van der Waals surface area contributed by atoms with Crippen LogP contribution in [0, 0.1) is 0 Å². The van der Waals surface area contributed by atoms with Crippen LogP contribution in [-0.4, -0.2) is 50.3 Å². The van der Waals surface area contributed by atoms with Crippen molar-refractivity contribution in [1.29, 1.82) is 0 Å². The molecule has 1 unspecified atom stereocenters. The van der Waals surface area contributed by atoms with Gasteiger partial charge in [-0.05, 0) is 19.9 Å². The number of hydrogen-bond donors (Lipinski definition) is 1. The number of methoxy groups -OCH3 is 1. The van der Waals surface area contributed by atoms with E-state index in [2.05, 4.69) is 24.1 Å². The highest BCUT2D eigenvalue weighted by molar-refractivity contribution is 4.86. The molecule has 0 aromatic heterocycles. The maximum absolute atomic E-state index is 5.19. The van der Waals surface area contributed by atoms with Crippen LogP contribution in [-0.2, 0) is 4.74 Å². The van der Waals surface area contributed by atoms with Gasteiger partial charge in [0, 0.05) is 32.3 Å². The normalized spacial score (nSPS) is 20.3. The van der Waals surface area contributed by atoms with Crippen molar-refractivity contribution in [2.45, 2.75) is 32.4 Å². The lowest BCUT2D eigenvalue weighted by molar-refractivity contribution is 0.0499. The van der Waals surface area contributed by atoms with E-state index in [1.54, 1.807) is 7.11 Å². The molecule has 13 heavy (non-hydrogen) atoms. The van der Waals surface area contributed by atoms with Gasteiger partial charge in [0.05, 0.1) is 6.61 Å². The number of nitrogens with one attached hydrogen (secondary N) is 1. The monoisotopic (exact) mass is 186 g/mol. The predicted octanol–water partition coefficient (Wildman–Crippen LogP) is 0.705. The van der Waals surface area contributed by atoms with E-state index in [0.29, 0.717) is 6.04 Å². The van der Waals surface area contributed by atoms with E-state index in [9.17, 15) is 0 Å². The molecular weight excluding hydrogens is 164 g/mol. The Morgan fingerprint density at radius 3 is 2.62 bits per heavy atom. The van der Waals surface area contributed by atoms with E-state index in [-0.39, 0.29) is 0 Å². The first-order valence-corrected chi connectivity index (χ1v) is 5.25. The molecule has 0 aliphatic carbocycles. The zero-order chi connectivity index (χ0) is 9.68. The fourth-order valence-electron chi connectivity index (χ4n) is 1.87. The molecule has 0 bridgehead atoms. The average molecular weight is 186 g/mol. The molecule has 1 rings (SSSR count). The van der Waals surface area contributed by atoms with Gasteiger partial charge in [-0.25, -0.2) is 0 Å². The molecule has 1 N–H and O–H groups in total.